The summed E-state index contributed by atoms with van der Waals surface area (Å²) in [5, 5.41) is 3.00. The fourth-order valence-electron chi connectivity index (χ4n) is 1.85. The van der Waals surface area contributed by atoms with Gasteiger partial charge in [0.05, 0.1) is 13.2 Å². The van der Waals surface area contributed by atoms with E-state index in [1.165, 1.54) is 19.3 Å². The lowest BCUT2D eigenvalue weighted by atomic mass is 10.00. The summed E-state index contributed by atoms with van der Waals surface area (Å²) in [6.07, 6.45) is 4.77. The topological polar surface area (TPSA) is 47.6 Å². The van der Waals surface area contributed by atoms with Crippen molar-refractivity contribution in [1.82, 2.24) is 5.32 Å². The largest absolute Gasteiger partial charge is 0.465 e. The van der Waals surface area contributed by atoms with Crippen LogP contribution in [-0.4, -0.2) is 38.4 Å². The van der Waals surface area contributed by atoms with E-state index < -0.39 is 5.54 Å². The summed E-state index contributed by atoms with van der Waals surface area (Å²) >= 11 is 0. The van der Waals surface area contributed by atoms with Gasteiger partial charge in [-0.2, -0.15) is 0 Å². The van der Waals surface area contributed by atoms with Gasteiger partial charge in [-0.1, -0.05) is 33.1 Å². The minimum Gasteiger partial charge on any atom is -0.465 e. The van der Waals surface area contributed by atoms with E-state index in [0.717, 1.165) is 6.42 Å². The molecule has 19 heavy (non-hydrogen) atoms. The maximum atomic E-state index is 11.8. The molecule has 0 aromatic heterocycles. The van der Waals surface area contributed by atoms with Crippen LogP contribution in [0.25, 0.3) is 0 Å². The van der Waals surface area contributed by atoms with Crippen molar-refractivity contribution < 1.29 is 14.3 Å². The predicted octanol–water partition coefficient (Wildman–Crippen LogP) is 2.76. The SMILES string of the molecule is CCCCC(CC)COCC(C)(NC)C(=O)OCC. The molecular weight excluding hydrogens is 242 g/mol. The molecule has 0 aromatic rings. The van der Waals surface area contributed by atoms with Gasteiger partial charge in [-0.05, 0) is 33.2 Å². The Bertz CT molecular complexity index is 246. The van der Waals surface area contributed by atoms with E-state index in [2.05, 4.69) is 19.2 Å². The molecule has 0 amide bonds. The molecule has 0 fully saturated rings. The summed E-state index contributed by atoms with van der Waals surface area (Å²) in [6.45, 7) is 9.48. The van der Waals surface area contributed by atoms with Gasteiger partial charge >= 0.3 is 5.97 Å². The number of carbonyl (C=O) groups is 1. The number of hydrogen-bond donors (Lipinski definition) is 1. The second kappa shape index (κ2) is 10.2. The zero-order valence-electron chi connectivity index (χ0n) is 13.3. The lowest BCUT2D eigenvalue weighted by Gasteiger charge is -2.27. The van der Waals surface area contributed by atoms with E-state index >= 15 is 0 Å². The third kappa shape index (κ3) is 6.92. The summed E-state index contributed by atoms with van der Waals surface area (Å²) in [5.74, 6) is 0.336. The number of rotatable bonds is 11. The van der Waals surface area contributed by atoms with Gasteiger partial charge in [0.25, 0.3) is 0 Å². The van der Waals surface area contributed by atoms with Crippen molar-refractivity contribution in [3.05, 3.63) is 0 Å². The second-order valence-electron chi connectivity index (χ2n) is 5.23. The molecule has 2 atom stereocenters. The highest BCUT2D eigenvalue weighted by Gasteiger charge is 2.33. The van der Waals surface area contributed by atoms with Crippen molar-refractivity contribution in [2.75, 3.05) is 26.9 Å². The summed E-state index contributed by atoms with van der Waals surface area (Å²) in [6, 6.07) is 0. The molecule has 0 aliphatic heterocycles. The Kier molecular flexibility index (Phi) is 9.88. The molecule has 0 aliphatic carbocycles. The molecule has 0 radical (unpaired) electrons. The molecule has 4 heteroatoms. The molecular formula is C15H31NO3. The average molecular weight is 273 g/mol. The molecule has 0 rings (SSSR count). The Morgan fingerprint density at radius 2 is 2.00 bits per heavy atom. The van der Waals surface area contributed by atoms with Crippen molar-refractivity contribution in [2.45, 2.75) is 58.9 Å². The van der Waals surface area contributed by atoms with Gasteiger partial charge in [0, 0.05) is 6.61 Å². The zero-order valence-corrected chi connectivity index (χ0v) is 13.3. The number of carbonyl (C=O) groups excluding carboxylic acids is 1. The van der Waals surface area contributed by atoms with Crippen LogP contribution >= 0.6 is 0 Å². The first-order valence-electron chi connectivity index (χ1n) is 7.47. The van der Waals surface area contributed by atoms with Crippen LogP contribution < -0.4 is 5.32 Å². The predicted molar refractivity (Wildman–Crippen MR) is 78.2 cm³/mol. The van der Waals surface area contributed by atoms with Gasteiger partial charge in [-0.15, -0.1) is 0 Å². The second-order valence-corrected chi connectivity index (χ2v) is 5.23. The normalized spacial score (nSPS) is 15.8. The molecule has 0 spiro atoms. The van der Waals surface area contributed by atoms with E-state index in [0.29, 0.717) is 25.7 Å². The Balaban J connectivity index is 4.15. The van der Waals surface area contributed by atoms with E-state index in [1.54, 1.807) is 7.05 Å². The molecule has 0 aromatic carbocycles. The van der Waals surface area contributed by atoms with Crippen LogP contribution in [0.4, 0.5) is 0 Å². The minimum absolute atomic E-state index is 0.251. The van der Waals surface area contributed by atoms with Crippen LogP contribution in [0.1, 0.15) is 53.4 Å². The Morgan fingerprint density at radius 3 is 2.47 bits per heavy atom. The highest BCUT2D eigenvalue weighted by atomic mass is 16.5. The Morgan fingerprint density at radius 1 is 1.32 bits per heavy atom. The standard InChI is InChI=1S/C15H31NO3/c1-6-9-10-13(7-2)11-18-12-15(4,16-5)14(17)19-8-3/h13,16H,6-12H2,1-5H3. The third-order valence-corrected chi connectivity index (χ3v) is 3.57. The van der Waals surface area contributed by atoms with Gasteiger partial charge in [0.1, 0.15) is 5.54 Å². The lowest BCUT2D eigenvalue weighted by molar-refractivity contribution is -0.153. The number of esters is 1. The molecule has 2 unspecified atom stereocenters. The smallest absolute Gasteiger partial charge is 0.328 e. The van der Waals surface area contributed by atoms with Crippen molar-refractivity contribution in [2.24, 2.45) is 5.92 Å². The minimum atomic E-state index is -0.751. The quantitative estimate of drug-likeness (QED) is 0.588. The molecule has 0 heterocycles. The van der Waals surface area contributed by atoms with Crippen LogP contribution in [0.5, 0.6) is 0 Å². The number of hydrogen-bond acceptors (Lipinski definition) is 4. The van der Waals surface area contributed by atoms with Crippen molar-refractivity contribution >= 4 is 5.97 Å². The zero-order chi connectivity index (χ0) is 14.7. The number of nitrogens with one attached hydrogen (secondary N) is 1. The first-order chi connectivity index (χ1) is 9.03. The van der Waals surface area contributed by atoms with Crippen LogP contribution in [0, 0.1) is 5.92 Å². The molecule has 0 aliphatic rings. The van der Waals surface area contributed by atoms with E-state index in [1.807, 2.05) is 13.8 Å². The summed E-state index contributed by atoms with van der Waals surface area (Å²) in [7, 11) is 1.76. The van der Waals surface area contributed by atoms with E-state index in [4.69, 9.17) is 9.47 Å². The lowest BCUT2D eigenvalue weighted by Crippen LogP contribution is -2.52. The van der Waals surface area contributed by atoms with Crippen LogP contribution in [0.2, 0.25) is 0 Å². The molecule has 114 valence electrons. The molecule has 0 saturated carbocycles. The Labute approximate surface area is 118 Å². The summed E-state index contributed by atoms with van der Waals surface area (Å²) in [5.41, 5.74) is -0.751. The van der Waals surface area contributed by atoms with Crippen LogP contribution in [0.15, 0.2) is 0 Å². The van der Waals surface area contributed by atoms with Gasteiger partial charge in [0.2, 0.25) is 0 Å². The molecule has 4 nitrogen and oxygen atoms in total. The van der Waals surface area contributed by atoms with E-state index in [-0.39, 0.29) is 5.97 Å². The molecule has 0 saturated heterocycles. The molecule has 1 N–H and O–H groups in total. The van der Waals surface area contributed by atoms with Gasteiger partial charge in [-0.25, -0.2) is 4.79 Å². The van der Waals surface area contributed by atoms with Gasteiger partial charge in [-0.3, -0.25) is 0 Å². The average Bonchev–Trinajstić information content (AvgIpc) is 2.42. The first-order valence-corrected chi connectivity index (χ1v) is 7.47. The number of likely N-dealkylation sites (N-methyl/N-ethyl adjacent to an activating group) is 1. The summed E-state index contributed by atoms with van der Waals surface area (Å²) in [4.78, 5) is 11.8. The first kappa shape index (κ1) is 18.4. The van der Waals surface area contributed by atoms with Crippen LogP contribution in [-0.2, 0) is 14.3 Å². The maximum absolute atomic E-state index is 11.8. The van der Waals surface area contributed by atoms with Gasteiger partial charge < -0.3 is 14.8 Å². The van der Waals surface area contributed by atoms with Crippen molar-refractivity contribution in [3.8, 4) is 0 Å². The highest BCUT2D eigenvalue weighted by molar-refractivity contribution is 5.80. The summed E-state index contributed by atoms with van der Waals surface area (Å²) < 4.78 is 10.8. The fourth-order valence-corrected chi connectivity index (χ4v) is 1.85. The highest BCUT2D eigenvalue weighted by Crippen LogP contribution is 2.14. The van der Waals surface area contributed by atoms with Gasteiger partial charge in [0.15, 0.2) is 0 Å². The monoisotopic (exact) mass is 273 g/mol. The molecule has 0 bridgehead atoms. The van der Waals surface area contributed by atoms with Crippen LogP contribution in [0.3, 0.4) is 0 Å². The number of unbranched alkanes of at least 4 members (excludes halogenated alkanes) is 1. The van der Waals surface area contributed by atoms with Crippen molar-refractivity contribution in [1.29, 1.82) is 0 Å². The number of ether oxygens (including phenoxy) is 2. The maximum Gasteiger partial charge on any atom is 0.328 e. The Hall–Kier alpha value is -0.610. The van der Waals surface area contributed by atoms with Crippen molar-refractivity contribution in [3.63, 3.8) is 0 Å². The van der Waals surface area contributed by atoms with E-state index in [9.17, 15) is 4.79 Å². The third-order valence-electron chi connectivity index (χ3n) is 3.57. The fraction of sp³-hybridized carbons (Fsp3) is 0.933.